The molecular formula is C18H19FN4O5. The lowest BCUT2D eigenvalue weighted by molar-refractivity contribution is 0.0591. The molecule has 0 spiro atoms. The fourth-order valence-corrected chi connectivity index (χ4v) is 2.00. The SMILES string of the molecule is COC(=O)c1cnc(C(=O)Nc2c(F)cccc2NC(=O)OC(C)(C)C)cn1. The molecule has 0 aliphatic heterocycles. The second kappa shape index (κ2) is 8.42. The summed E-state index contributed by atoms with van der Waals surface area (Å²) in [6.07, 6.45) is 1.29. The van der Waals surface area contributed by atoms with Crippen LogP contribution in [0, 0.1) is 5.82 Å². The molecule has 2 amide bonds. The molecule has 0 aliphatic rings. The molecule has 0 saturated carbocycles. The van der Waals surface area contributed by atoms with Crippen LogP contribution in [0.5, 0.6) is 0 Å². The Bertz CT molecular complexity index is 894. The van der Waals surface area contributed by atoms with Crippen LogP contribution in [0.25, 0.3) is 0 Å². The van der Waals surface area contributed by atoms with Gasteiger partial charge in [0.15, 0.2) is 5.69 Å². The predicted octanol–water partition coefficient (Wildman–Crippen LogP) is 3.00. The molecular weight excluding hydrogens is 371 g/mol. The van der Waals surface area contributed by atoms with E-state index in [0.29, 0.717) is 0 Å². The number of rotatable bonds is 4. The molecule has 2 rings (SSSR count). The zero-order chi connectivity index (χ0) is 20.9. The van der Waals surface area contributed by atoms with E-state index in [1.165, 1.54) is 19.2 Å². The predicted molar refractivity (Wildman–Crippen MR) is 97.6 cm³/mol. The maximum Gasteiger partial charge on any atom is 0.412 e. The summed E-state index contributed by atoms with van der Waals surface area (Å²) in [6.45, 7) is 5.03. The number of ether oxygens (including phenoxy) is 2. The average Bonchev–Trinajstić information content (AvgIpc) is 2.62. The Morgan fingerprint density at radius 2 is 1.68 bits per heavy atom. The van der Waals surface area contributed by atoms with Gasteiger partial charge in [-0.05, 0) is 32.9 Å². The molecule has 2 aromatic rings. The van der Waals surface area contributed by atoms with Crippen LogP contribution < -0.4 is 10.6 Å². The van der Waals surface area contributed by atoms with E-state index in [1.807, 2.05) is 0 Å². The first-order chi connectivity index (χ1) is 13.1. The van der Waals surface area contributed by atoms with E-state index in [0.717, 1.165) is 18.5 Å². The van der Waals surface area contributed by atoms with E-state index < -0.39 is 29.4 Å². The molecule has 148 valence electrons. The van der Waals surface area contributed by atoms with Gasteiger partial charge in [0.2, 0.25) is 0 Å². The highest BCUT2D eigenvalue weighted by atomic mass is 19.1. The maximum absolute atomic E-state index is 14.2. The molecule has 0 aliphatic carbocycles. The minimum Gasteiger partial charge on any atom is -0.464 e. The lowest BCUT2D eigenvalue weighted by Gasteiger charge is -2.20. The van der Waals surface area contributed by atoms with Crippen LogP contribution in [-0.2, 0) is 9.47 Å². The molecule has 0 fully saturated rings. The number of hydrogen-bond acceptors (Lipinski definition) is 7. The largest absolute Gasteiger partial charge is 0.464 e. The number of hydrogen-bond donors (Lipinski definition) is 2. The number of para-hydroxylation sites is 1. The minimum atomic E-state index is -0.809. The van der Waals surface area contributed by atoms with Crippen LogP contribution in [0.3, 0.4) is 0 Å². The van der Waals surface area contributed by atoms with Gasteiger partial charge < -0.3 is 14.8 Å². The second-order valence-corrected chi connectivity index (χ2v) is 6.52. The van der Waals surface area contributed by atoms with Crippen molar-refractivity contribution in [2.24, 2.45) is 0 Å². The monoisotopic (exact) mass is 390 g/mol. The number of halogens is 1. The number of carbonyl (C=O) groups excluding carboxylic acids is 3. The zero-order valence-corrected chi connectivity index (χ0v) is 15.7. The number of methoxy groups -OCH3 is 1. The van der Waals surface area contributed by atoms with Gasteiger partial charge in [-0.25, -0.2) is 23.9 Å². The number of carbonyl (C=O) groups is 3. The van der Waals surface area contributed by atoms with Crippen molar-refractivity contribution in [1.82, 2.24) is 9.97 Å². The van der Waals surface area contributed by atoms with Crippen molar-refractivity contribution in [2.45, 2.75) is 26.4 Å². The van der Waals surface area contributed by atoms with E-state index in [4.69, 9.17) is 4.74 Å². The summed E-state index contributed by atoms with van der Waals surface area (Å²) in [5, 5.41) is 4.71. The van der Waals surface area contributed by atoms with Gasteiger partial charge in [0.25, 0.3) is 5.91 Å². The first-order valence-corrected chi connectivity index (χ1v) is 8.11. The summed E-state index contributed by atoms with van der Waals surface area (Å²) in [5.41, 5.74) is -1.27. The van der Waals surface area contributed by atoms with Gasteiger partial charge >= 0.3 is 12.1 Å². The van der Waals surface area contributed by atoms with Crippen molar-refractivity contribution in [3.63, 3.8) is 0 Å². The highest BCUT2D eigenvalue weighted by Gasteiger charge is 2.20. The summed E-state index contributed by atoms with van der Waals surface area (Å²) in [6, 6.07) is 3.87. The van der Waals surface area contributed by atoms with Crippen molar-refractivity contribution in [3.05, 3.63) is 47.8 Å². The third-order valence-corrected chi connectivity index (χ3v) is 3.17. The van der Waals surface area contributed by atoms with Gasteiger partial charge in [-0.1, -0.05) is 6.07 Å². The maximum atomic E-state index is 14.2. The van der Waals surface area contributed by atoms with Crippen LogP contribution >= 0.6 is 0 Å². The Morgan fingerprint density at radius 3 is 2.25 bits per heavy atom. The minimum absolute atomic E-state index is 0.00161. The molecule has 10 heteroatoms. The molecule has 28 heavy (non-hydrogen) atoms. The molecule has 0 unspecified atom stereocenters. The van der Waals surface area contributed by atoms with E-state index >= 15 is 0 Å². The molecule has 0 atom stereocenters. The summed E-state index contributed by atoms with van der Waals surface area (Å²) in [4.78, 5) is 43.2. The van der Waals surface area contributed by atoms with Crippen LogP contribution in [0.2, 0.25) is 0 Å². The standard InChI is InChI=1S/C18H19FN4O5/c1-18(2,3)28-17(26)22-11-7-5-6-10(19)14(11)23-15(24)12-8-21-13(9-20-12)16(25)27-4/h5-9H,1-4H3,(H,22,26)(H,23,24). The number of aromatic nitrogens is 2. The molecule has 1 aromatic carbocycles. The number of nitrogens with one attached hydrogen (secondary N) is 2. The molecule has 1 heterocycles. The first-order valence-electron chi connectivity index (χ1n) is 8.11. The number of benzene rings is 1. The fourth-order valence-electron chi connectivity index (χ4n) is 2.00. The molecule has 9 nitrogen and oxygen atoms in total. The number of esters is 1. The third kappa shape index (κ3) is 5.47. The van der Waals surface area contributed by atoms with Gasteiger partial charge in [0.05, 0.1) is 25.2 Å². The normalized spacial score (nSPS) is 10.8. The third-order valence-electron chi connectivity index (χ3n) is 3.17. The van der Waals surface area contributed by atoms with Crippen molar-refractivity contribution < 1.29 is 28.2 Å². The molecule has 2 N–H and O–H groups in total. The van der Waals surface area contributed by atoms with Crippen LogP contribution in [0.15, 0.2) is 30.6 Å². The number of amides is 2. The Balaban J connectivity index is 2.20. The van der Waals surface area contributed by atoms with E-state index in [2.05, 4.69) is 25.3 Å². The summed E-state index contributed by atoms with van der Waals surface area (Å²) >= 11 is 0. The molecule has 0 saturated heterocycles. The Labute approximate surface area is 160 Å². The highest BCUT2D eigenvalue weighted by Crippen LogP contribution is 2.26. The smallest absolute Gasteiger partial charge is 0.412 e. The van der Waals surface area contributed by atoms with Crippen LogP contribution in [-0.4, -0.2) is 40.6 Å². The van der Waals surface area contributed by atoms with Crippen molar-refractivity contribution in [1.29, 1.82) is 0 Å². The molecule has 1 aromatic heterocycles. The van der Waals surface area contributed by atoms with Crippen molar-refractivity contribution >= 4 is 29.3 Å². The topological polar surface area (TPSA) is 120 Å². The lowest BCUT2D eigenvalue weighted by Crippen LogP contribution is -2.27. The summed E-state index contributed by atoms with van der Waals surface area (Å²) < 4.78 is 23.8. The fraction of sp³-hybridized carbons (Fsp3) is 0.278. The quantitative estimate of drug-likeness (QED) is 0.770. The van der Waals surface area contributed by atoms with E-state index in [1.54, 1.807) is 20.8 Å². The summed E-state index contributed by atoms with van der Waals surface area (Å²) in [5.74, 6) is -2.28. The van der Waals surface area contributed by atoms with Gasteiger partial charge in [0.1, 0.15) is 22.8 Å². The Hall–Kier alpha value is -3.56. The van der Waals surface area contributed by atoms with Gasteiger partial charge in [0, 0.05) is 0 Å². The zero-order valence-electron chi connectivity index (χ0n) is 15.7. The van der Waals surface area contributed by atoms with Crippen LogP contribution in [0.1, 0.15) is 41.7 Å². The van der Waals surface area contributed by atoms with E-state index in [-0.39, 0.29) is 22.8 Å². The Morgan fingerprint density at radius 1 is 1.04 bits per heavy atom. The van der Waals surface area contributed by atoms with Crippen molar-refractivity contribution in [2.75, 3.05) is 17.7 Å². The van der Waals surface area contributed by atoms with E-state index in [9.17, 15) is 18.8 Å². The first kappa shape index (κ1) is 20.7. The number of anilines is 2. The highest BCUT2D eigenvalue weighted by molar-refractivity contribution is 6.05. The van der Waals surface area contributed by atoms with Gasteiger partial charge in [-0.2, -0.15) is 0 Å². The Kier molecular flexibility index (Phi) is 6.24. The molecule has 0 bridgehead atoms. The number of nitrogens with zero attached hydrogens (tertiary/aromatic N) is 2. The van der Waals surface area contributed by atoms with Gasteiger partial charge in [-0.3, -0.25) is 10.1 Å². The van der Waals surface area contributed by atoms with Crippen LogP contribution in [0.4, 0.5) is 20.6 Å². The average molecular weight is 390 g/mol. The van der Waals surface area contributed by atoms with Gasteiger partial charge in [-0.15, -0.1) is 0 Å². The van der Waals surface area contributed by atoms with Crippen molar-refractivity contribution in [3.8, 4) is 0 Å². The second-order valence-electron chi connectivity index (χ2n) is 6.52. The lowest BCUT2D eigenvalue weighted by atomic mass is 10.2. The summed E-state index contributed by atoms with van der Waals surface area (Å²) in [7, 11) is 1.18. The molecule has 0 radical (unpaired) electrons.